The first-order valence-electron chi connectivity index (χ1n) is 7.73. The predicted octanol–water partition coefficient (Wildman–Crippen LogP) is 2.43. The van der Waals surface area contributed by atoms with Gasteiger partial charge in [-0.15, -0.1) is 0 Å². The lowest BCUT2D eigenvalue weighted by atomic mass is 9.80. The highest BCUT2D eigenvalue weighted by molar-refractivity contribution is 5.87. The largest absolute Gasteiger partial charge is 0.497 e. The van der Waals surface area contributed by atoms with Crippen molar-refractivity contribution < 1.29 is 14.6 Å². The van der Waals surface area contributed by atoms with Crippen molar-refractivity contribution in [2.24, 2.45) is 11.1 Å². The maximum Gasteiger partial charge on any atom is 0.224 e. The molecule has 3 atom stereocenters. The molecular weight excluding hydrogens is 290 g/mol. The molecule has 23 heavy (non-hydrogen) atoms. The quantitative estimate of drug-likeness (QED) is 0.860. The van der Waals surface area contributed by atoms with E-state index >= 15 is 0 Å². The summed E-state index contributed by atoms with van der Waals surface area (Å²) in [5.74, 6) is 0.179. The summed E-state index contributed by atoms with van der Waals surface area (Å²) in [5, 5.41) is 9.92. The van der Waals surface area contributed by atoms with Gasteiger partial charge >= 0.3 is 0 Å². The van der Waals surface area contributed by atoms with Gasteiger partial charge in [0.15, 0.2) is 0 Å². The van der Waals surface area contributed by atoms with E-state index in [1.165, 1.54) is 0 Å². The number of ether oxygens (including phenoxy) is 1. The summed E-state index contributed by atoms with van der Waals surface area (Å²) < 4.78 is 5.18. The molecule has 2 aromatic carbocycles. The lowest BCUT2D eigenvalue weighted by Crippen LogP contribution is -2.34. The third-order valence-corrected chi connectivity index (χ3v) is 4.99. The molecule has 3 rings (SSSR count). The number of hydrogen-bond acceptors (Lipinski definition) is 3. The van der Waals surface area contributed by atoms with E-state index in [1.54, 1.807) is 7.11 Å². The molecular formula is C19H21NO3. The minimum absolute atomic E-state index is 0.0308. The molecule has 1 aliphatic rings. The zero-order chi connectivity index (χ0) is 16.4. The van der Waals surface area contributed by atoms with Crippen LogP contribution in [0.3, 0.4) is 0 Å². The highest BCUT2D eigenvalue weighted by Gasteiger charge is 2.63. The Bertz CT molecular complexity index is 684. The third kappa shape index (κ3) is 2.59. The molecule has 4 heteroatoms. The topological polar surface area (TPSA) is 72.5 Å². The second-order valence-electron chi connectivity index (χ2n) is 6.08. The zero-order valence-corrected chi connectivity index (χ0v) is 13.1. The van der Waals surface area contributed by atoms with Crippen molar-refractivity contribution in [3.05, 3.63) is 65.7 Å². The molecule has 0 aromatic heterocycles. The van der Waals surface area contributed by atoms with Crippen LogP contribution < -0.4 is 10.5 Å². The summed E-state index contributed by atoms with van der Waals surface area (Å²) in [4.78, 5) is 12.3. The Morgan fingerprint density at radius 1 is 1.26 bits per heavy atom. The monoisotopic (exact) mass is 311 g/mol. The molecule has 1 amide bonds. The average Bonchev–Trinajstić information content (AvgIpc) is 3.33. The van der Waals surface area contributed by atoms with Gasteiger partial charge in [-0.1, -0.05) is 42.5 Å². The average molecular weight is 311 g/mol. The van der Waals surface area contributed by atoms with E-state index in [0.717, 1.165) is 16.9 Å². The first kappa shape index (κ1) is 15.6. The molecule has 2 aromatic rings. The predicted molar refractivity (Wildman–Crippen MR) is 88.2 cm³/mol. The lowest BCUT2D eigenvalue weighted by molar-refractivity contribution is -0.124. The standard InChI is InChI=1S/C19H21NO3/c1-23-15-9-7-14(8-10-15)16-11-19(16,18(20)22)17(12-21)13-5-3-2-4-6-13/h2-10,16-17,21H,11-12H2,1H3,(H2,20,22)/t16?,17-,19?/m1/s1. The van der Waals surface area contributed by atoms with E-state index < -0.39 is 5.41 Å². The normalized spacial score (nSPS) is 24.0. The minimum atomic E-state index is -0.718. The molecule has 4 nitrogen and oxygen atoms in total. The Morgan fingerprint density at radius 3 is 2.43 bits per heavy atom. The van der Waals surface area contributed by atoms with E-state index in [9.17, 15) is 9.90 Å². The first-order chi connectivity index (χ1) is 11.1. The summed E-state index contributed by atoms with van der Waals surface area (Å²) in [6, 6.07) is 17.3. The van der Waals surface area contributed by atoms with Crippen LogP contribution in [-0.4, -0.2) is 24.7 Å². The van der Waals surface area contributed by atoms with E-state index in [-0.39, 0.29) is 24.3 Å². The minimum Gasteiger partial charge on any atom is -0.497 e. The van der Waals surface area contributed by atoms with Gasteiger partial charge in [0, 0.05) is 11.8 Å². The summed E-state index contributed by atoms with van der Waals surface area (Å²) in [7, 11) is 1.62. The highest BCUT2D eigenvalue weighted by atomic mass is 16.5. The van der Waals surface area contributed by atoms with Crippen LogP contribution in [0.5, 0.6) is 5.75 Å². The number of nitrogens with two attached hydrogens (primary N) is 1. The molecule has 2 unspecified atom stereocenters. The number of amides is 1. The number of carbonyl (C=O) groups excluding carboxylic acids is 1. The molecule has 0 heterocycles. The van der Waals surface area contributed by atoms with Crippen molar-refractivity contribution >= 4 is 5.91 Å². The smallest absolute Gasteiger partial charge is 0.224 e. The molecule has 1 saturated carbocycles. The van der Waals surface area contributed by atoms with Crippen molar-refractivity contribution in [3.63, 3.8) is 0 Å². The fourth-order valence-electron chi connectivity index (χ4n) is 3.61. The first-order valence-corrected chi connectivity index (χ1v) is 7.73. The number of rotatable bonds is 6. The second kappa shape index (κ2) is 6.05. The van der Waals surface area contributed by atoms with Gasteiger partial charge in [0.1, 0.15) is 5.75 Å². The molecule has 3 N–H and O–H groups in total. The second-order valence-corrected chi connectivity index (χ2v) is 6.08. The van der Waals surface area contributed by atoms with Crippen molar-refractivity contribution in [1.82, 2.24) is 0 Å². The maximum absolute atomic E-state index is 12.3. The van der Waals surface area contributed by atoms with Gasteiger partial charge in [-0.25, -0.2) is 0 Å². The Balaban J connectivity index is 1.94. The van der Waals surface area contributed by atoms with Crippen LogP contribution in [0.15, 0.2) is 54.6 Å². The van der Waals surface area contributed by atoms with E-state index in [1.807, 2.05) is 54.6 Å². The Morgan fingerprint density at radius 2 is 1.91 bits per heavy atom. The molecule has 1 fully saturated rings. The van der Waals surface area contributed by atoms with Crippen LogP contribution in [0.2, 0.25) is 0 Å². The van der Waals surface area contributed by atoms with Gasteiger partial charge in [-0.05, 0) is 29.7 Å². The number of aliphatic hydroxyl groups excluding tert-OH is 1. The van der Waals surface area contributed by atoms with Gasteiger partial charge < -0.3 is 15.6 Å². The zero-order valence-electron chi connectivity index (χ0n) is 13.1. The summed E-state index contributed by atoms with van der Waals surface area (Å²) >= 11 is 0. The Hall–Kier alpha value is -2.33. The number of aliphatic hydroxyl groups is 1. The van der Waals surface area contributed by atoms with Crippen LogP contribution in [-0.2, 0) is 4.79 Å². The Kier molecular flexibility index (Phi) is 4.09. The van der Waals surface area contributed by atoms with Gasteiger partial charge in [0.25, 0.3) is 0 Å². The number of hydrogen-bond donors (Lipinski definition) is 2. The lowest BCUT2D eigenvalue weighted by Gasteiger charge is -2.24. The Labute approximate surface area is 135 Å². The SMILES string of the molecule is COc1ccc(C2CC2(C(N)=O)[C@H](CO)c2ccccc2)cc1. The van der Waals surface area contributed by atoms with Crippen molar-refractivity contribution in [3.8, 4) is 5.75 Å². The maximum atomic E-state index is 12.3. The summed E-state index contributed by atoms with van der Waals surface area (Å²) in [5.41, 5.74) is 7.04. The summed E-state index contributed by atoms with van der Waals surface area (Å²) in [6.07, 6.45) is 0.661. The molecule has 0 bridgehead atoms. The van der Waals surface area contributed by atoms with Gasteiger partial charge in [-0.3, -0.25) is 4.79 Å². The van der Waals surface area contributed by atoms with Crippen LogP contribution in [0.25, 0.3) is 0 Å². The number of carbonyl (C=O) groups is 1. The molecule has 0 radical (unpaired) electrons. The molecule has 0 saturated heterocycles. The third-order valence-electron chi connectivity index (χ3n) is 4.99. The fraction of sp³-hybridized carbons (Fsp3) is 0.316. The van der Waals surface area contributed by atoms with Crippen LogP contribution in [0, 0.1) is 5.41 Å². The van der Waals surface area contributed by atoms with Crippen LogP contribution >= 0.6 is 0 Å². The molecule has 120 valence electrons. The van der Waals surface area contributed by atoms with E-state index in [4.69, 9.17) is 10.5 Å². The highest BCUT2D eigenvalue weighted by Crippen LogP contribution is 2.66. The summed E-state index contributed by atoms with van der Waals surface area (Å²) in [6.45, 7) is -0.0976. The van der Waals surface area contributed by atoms with E-state index in [2.05, 4.69) is 0 Å². The van der Waals surface area contributed by atoms with Gasteiger partial charge in [0.05, 0.1) is 19.1 Å². The van der Waals surface area contributed by atoms with Crippen molar-refractivity contribution in [1.29, 1.82) is 0 Å². The van der Waals surface area contributed by atoms with Gasteiger partial charge in [-0.2, -0.15) is 0 Å². The van der Waals surface area contributed by atoms with Crippen molar-refractivity contribution in [2.45, 2.75) is 18.3 Å². The van der Waals surface area contributed by atoms with Crippen molar-refractivity contribution in [2.75, 3.05) is 13.7 Å². The van der Waals surface area contributed by atoms with Crippen LogP contribution in [0.1, 0.15) is 29.4 Å². The molecule has 0 spiro atoms. The van der Waals surface area contributed by atoms with Crippen LogP contribution in [0.4, 0.5) is 0 Å². The number of methoxy groups -OCH3 is 1. The molecule has 0 aliphatic heterocycles. The number of primary amides is 1. The number of benzene rings is 2. The van der Waals surface area contributed by atoms with Gasteiger partial charge in [0.2, 0.25) is 5.91 Å². The molecule has 1 aliphatic carbocycles. The van der Waals surface area contributed by atoms with E-state index in [0.29, 0.717) is 6.42 Å². The fourth-order valence-corrected chi connectivity index (χ4v) is 3.61.